The Morgan fingerprint density at radius 1 is 1.15 bits per heavy atom. The Morgan fingerprint density at radius 2 is 1.92 bits per heavy atom. The third-order valence-corrected chi connectivity index (χ3v) is 8.59. The normalized spacial score (nSPS) is 15.5. The average Bonchev–Trinajstić information content (AvgIpc) is 3.26. The van der Waals surface area contributed by atoms with Crippen LogP contribution in [0.1, 0.15) is 76.7 Å². The number of H-pyrrole nitrogens is 1. The van der Waals surface area contributed by atoms with Crippen LogP contribution in [0.25, 0.3) is 16.9 Å². The van der Waals surface area contributed by atoms with Crippen LogP contribution < -0.4 is 15.0 Å². The van der Waals surface area contributed by atoms with Crippen LogP contribution in [0.3, 0.4) is 0 Å². The van der Waals surface area contributed by atoms with Crippen LogP contribution in [0.15, 0.2) is 23.0 Å². The number of ether oxygens (including phenoxy) is 2. The van der Waals surface area contributed by atoms with Gasteiger partial charge in [-0.25, -0.2) is 9.50 Å². The number of anilines is 1. The third kappa shape index (κ3) is 6.62. The largest absolute Gasteiger partial charge is 0.493 e. The van der Waals surface area contributed by atoms with Gasteiger partial charge in [-0.15, -0.1) is 5.10 Å². The molecule has 0 bridgehead atoms. The van der Waals surface area contributed by atoms with Crippen molar-refractivity contribution in [2.75, 3.05) is 37.6 Å². The Balaban J connectivity index is 1.74. The summed E-state index contributed by atoms with van der Waals surface area (Å²) in [4.78, 5) is 20.9. The van der Waals surface area contributed by atoms with Crippen LogP contribution in [-0.4, -0.2) is 65.2 Å². The summed E-state index contributed by atoms with van der Waals surface area (Å²) >= 11 is 0. The minimum absolute atomic E-state index is 0.170. The van der Waals surface area contributed by atoms with E-state index in [1.165, 1.54) is 23.6 Å². The molecule has 0 radical (unpaired) electrons. The second-order valence-corrected chi connectivity index (χ2v) is 11.5. The van der Waals surface area contributed by atoms with Gasteiger partial charge in [0.1, 0.15) is 11.6 Å². The maximum atomic E-state index is 13.3. The first kappa shape index (κ1) is 29.0. The molecule has 4 rings (SSSR count). The van der Waals surface area contributed by atoms with Gasteiger partial charge in [0.25, 0.3) is 5.56 Å². The second-order valence-electron chi connectivity index (χ2n) is 9.84. The Kier molecular flexibility index (Phi) is 9.62. The molecule has 0 aliphatic carbocycles. The Hall–Kier alpha value is -2.96. The van der Waals surface area contributed by atoms with Crippen molar-refractivity contribution in [3.05, 3.63) is 40.1 Å². The molecular weight excluding hydrogens is 520 g/mol. The van der Waals surface area contributed by atoms with E-state index in [9.17, 15) is 13.2 Å². The van der Waals surface area contributed by atoms with Crippen LogP contribution in [-0.2, 0) is 14.9 Å². The van der Waals surface area contributed by atoms with Gasteiger partial charge < -0.3 is 14.5 Å². The van der Waals surface area contributed by atoms with Crippen molar-refractivity contribution >= 4 is 21.4 Å². The number of imidazole rings is 1. The fraction of sp³-hybridized carbons (Fsp3) is 0.593. The van der Waals surface area contributed by atoms with Gasteiger partial charge in [0, 0.05) is 19.0 Å². The zero-order valence-corrected chi connectivity index (χ0v) is 24.1. The van der Waals surface area contributed by atoms with Gasteiger partial charge in [-0.3, -0.25) is 9.52 Å². The molecule has 1 aliphatic rings. The summed E-state index contributed by atoms with van der Waals surface area (Å²) < 4.78 is 42.7. The highest BCUT2D eigenvalue weighted by Gasteiger charge is 2.26. The molecule has 1 unspecified atom stereocenters. The highest BCUT2D eigenvalue weighted by molar-refractivity contribution is 7.90. The second kappa shape index (κ2) is 12.9. The van der Waals surface area contributed by atoms with E-state index in [1.54, 1.807) is 22.7 Å². The SMILES string of the molecule is CCCCCCC(CC)c1nc(C)c2c(=O)[nH]c(-c3cc(NS(=O)(=O)N4CCOCC4)ccc3OCC)nn12. The van der Waals surface area contributed by atoms with E-state index in [0.717, 1.165) is 25.1 Å². The van der Waals surface area contributed by atoms with E-state index in [1.807, 2.05) is 13.8 Å². The quantitative estimate of drug-likeness (QED) is 0.299. The summed E-state index contributed by atoms with van der Waals surface area (Å²) in [6, 6.07) is 4.96. The van der Waals surface area contributed by atoms with Crippen LogP contribution in [0.4, 0.5) is 5.69 Å². The molecule has 0 amide bonds. The predicted octanol–water partition coefficient (Wildman–Crippen LogP) is 4.24. The standard InChI is InChI=1S/C27H40N6O5S/c1-5-8-9-10-11-20(6-2)26-28-19(4)24-27(34)29-25(30-33(24)26)22-18-21(12-13-23(22)38-7-3)31-39(35,36)32-14-16-37-17-15-32/h12-13,18,20,31H,5-11,14-17H2,1-4H3,(H,29,30,34). The molecule has 1 aromatic carbocycles. The lowest BCUT2D eigenvalue weighted by Gasteiger charge is -2.26. The van der Waals surface area contributed by atoms with Gasteiger partial charge in [0.05, 0.1) is 36.8 Å². The molecule has 1 fully saturated rings. The summed E-state index contributed by atoms with van der Waals surface area (Å²) in [7, 11) is -3.78. The number of aryl methyl sites for hydroxylation is 1. The van der Waals surface area contributed by atoms with Gasteiger partial charge in [0.2, 0.25) is 0 Å². The lowest BCUT2D eigenvalue weighted by molar-refractivity contribution is 0.0733. The fourth-order valence-electron chi connectivity index (χ4n) is 4.97. The van der Waals surface area contributed by atoms with Crippen molar-refractivity contribution in [1.29, 1.82) is 0 Å². The first-order valence-electron chi connectivity index (χ1n) is 13.9. The summed E-state index contributed by atoms with van der Waals surface area (Å²) in [6.45, 7) is 9.67. The van der Waals surface area contributed by atoms with Crippen molar-refractivity contribution < 1.29 is 17.9 Å². The van der Waals surface area contributed by atoms with Crippen molar-refractivity contribution in [2.45, 2.75) is 72.1 Å². The van der Waals surface area contributed by atoms with Crippen LogP contribution in [0.2, 0.25) is 0 Å². The number of aromatic amines is 1. The molecule has 1 saturated heterocycles. The van der Waals surface area contributed by atoms with Gasteiger partial charge in [-0.2, -0.15) is 12.7 Å². The molecule has 3 heterocycles. The molecule has 12 heteroatoms. The minimum Gasteiger partial charge on any atom is -0.493 e. The summed E-state index contributed by atoms with van der Waals surface area (Å²) in [6.07, 6.45) is 6.49. The van der Waals surface area contributed by atoms with Crippen molar-refractivity contribution in [1.82, 2.24) is 23.9 Å². The third-order valence-electron chi connectivity index (χ3n) is 7.06. The summed E-state index contributed by atoms with van der Waals surface area (Å²) in [5.74, 6) is 1.71. The Labute approximate surface area is 230 Å². The molecule has 11 nitrogen and oxygen atoms in total. The first-order chi connectivity index (χ1) is 18.8. The van der Waals surface area contributed by atoms with E-state index in [-0.39, 0.29) is 30.4 Å². The van der Waals surface area contributed by atoms with E-state index in [4.69, 9.17) is 19.6 Å². The molecule has 214 valence electrons. The molecule has 1 atom stereocenters. The van der Waals surface area contributed by atoms with Crippen molar-refractivity contribution in [3.63, 3.8) is 0 Å². The number of nitrogens with zero attached hydrogens (tertiary/aromatic N) is 4. The number of rotatable bonds is 13. The number of aromatic nitrogens is 4. The maximum absolute atomic E-state index is 13.3. The Morgan fingerprint density at radius 3 is 2.62 bits per heavy atom. The average molecular weight is 561 g/mol. The molecule has 2 aromatic heterocycles. The van der Waals surface area contributed by atoms with Gasteiger partial charge in [-0.1, -0.05) is 39.5 Å². The van der Waals surface area contributed by atoms with Crippen molar-refractivity contribution in [2.24, 2.45) is 0 Å². The van der Waals surface area contributed by atoms with E-state index in [0.29, 0.717) is 48.0 Å². The van der Waals surface area contributed by atoms with Gasteiger partial charge in [-0.05, 0) is 44.9 Å². The summed E-state index contributed by atoms with van der Waals surface area (Å²) in [5.41, 5.74) is 1.56. The molecular formula is C27H40N6O5S. The molecule has 0 spiro atoms. The first-order valence-corrected chi connectivity index (χ1v) is 15.3. The number of fused-ring (bicyclic) bond motifs is 1. The highest BCUT2D eigenvalue weighted by Crippen LogP contribution is 2.32. The predicted molar refractivity (Wildman–Crippen MR) is 152 cm³/mol. The number of benzene rings is 1. The fourth-order valence-corrected chi connectivity index (χ4v) is 6.16. The van der Waals surface area contributed by atoms with Crippen molar-refractivity contribution in [3.8, 4) is 17.1 Å². The Bertz CT molecular complexity index is 1430. The zero-order chi connectivity index (χ0) is 28.0. The number of unbranched alkanes of at least 4 members (excludes halogenated alkanes) is 3. The number of hydrogen-bond acceptors (Lipinski definition) is 7. The molecule has 2 N–H and O–H groups in total. The smallest absolute Gasteiger partial charge is 0.301 e. The molecule has 0 saturated carbocycles. The number of hydrogen-bond donors (Lipinski definition) is 2. The van der Waals surface area contributed by atoms with Crippen LogP contribution >= 0.6 is 0 Å². The lowest BCUT2D eigenvalue weighted by Crippen LogP contribution is -2.43. The van der Waals surface area contributed by atoms with E-state index >= 15 is 0 Å². The zero-order valence-electron chi connectivity index (χ0n) is 23.3. The molecule has 1 aliphatic heterocycles. The summed E-state index contributed by atoms with van der Waals surface area (Å²) in [5, 5.41) is 4.83. The van der Waals surface area contributed by atoms with Gasteiger partial charge >= 0.3 is 10.2 Å². The molecule has 3 aromatic rings. The monoisotopic (exact) mass is 560 g/mol. The minimum atomic E-state index is -3.78. The lowest BCUT2D eigenvalue weighted by atomic mass is 9.97. The molecule has 39 heavy (non-hydrogen) atoms. The van der Waals surface area contributed by atoms with Crippen LogP contribution in [0.5, 0.6) is 5.75 Å². The van der Waals surface area contributed by atoms with Crippen LogP contribution in [0, 0.1) is 6.92 Å². The highest BCUT2D eigenvalue weighted by atomic mass is 32.2. The van der Waals surface area contributed by atoms with E-state index < -0.39 is 10.2 Å². The number of morpholine rings is 1. The number of nitrogens with one attached hydrogen (secondary N) is 2. The van der Waals surface area contributed by atoms with E-state index in [2.05, 4.69) is 23.6 Å². The maximum Gasteiger partial charge on any atom is 0.301 e. The topological polar surface area (TPSA) is 131 Å². The van der Waals surface area contributed by atoms with Gasteiger partial charge in [0.15, 0.2) is 11.3 Å².